The number of rotatable bonds is 3. The summed E-state index contributed by atoms with van der Waals surface area (Å²) < 4.78 is 0. The van der Waals surface area contributed by atoms with Gasteiger partial charge in [0.2, 0.25) is 5.91 Å². The minimum atomic E-state index is -0.767. The zero-order chi connectivity index (χ0) is 16.6. The van der Waals surface area contributed by atoms with Crippen LogP contribution < -0.4 is 10.6 Å². The van der Waals surface area contributed by atoms with Crippen molar-refractivity contribution in [3.8, 4) is 0 Å². The Morgan fingerprint density at radius 2 is 1.78 bits per heavy atom. The Bertz CT molecular complexity index is 657. The predicted octanol–water partition coefficient (Wildman–Crippen LogP) is 2.11. The second kappa shape index (κ2) is 5.68. The van der Waals surface area contributed by atoms with Gasteiger partial charge in [0.05, 0.1) is 0 Å². The van der Waals surface area contributed by atoms with Crippen LogP contribution in [0.25, 0.3) is 0 Å². The number of benzene rings is 1. The highest BCUT2D eigenvalue weighted by Gasteiger charge is 2.52. The summed E-state index contributed by atoms with van der Waals surface area (Å²) in [4.78, 5) is 37.8. The van der Waals surface area contributed by atoms with Crippen LogP contribution >= 0.6 is 0 Å². The smallest absolute Gasteiger partial charge is 0.325 e. The highest BCUT2D eigenvalue weighted by atomic mass is 16.2. The van der Waals surface area contributed by atoms with Gasteiger partial charge in [0, 0.05) is 5.69 Å². The number of aryl methyl sites for hydroxylation is 2. The fourth-order valence-corrected chi connectivity index (χ4v) is 3.53. The first-order valence-corrected chi connectivity index (χ1v) is 7.92. The van der Waals surface area contributed by atoms with Crippen molar-refractivity contribution in [3.63, 3.8) is 0 Å². The molecule has 0 radical (unpaired) electrons. The summed E-state index contributed by atoms with van der Waals surface area (Å²) in [6, 6.07) is 5.26. The molecule has 1 aromatic carbocycles. The molecule has 1 aliphatic carbocycles. The quantitative estimate of drug-likeness (QED) is 0.839. The summed E-state index contributed by atoms with van der Waals surface area (Å²) in [5.41, 5.74) is 1.99. The van der Waals surface area contributed by atoms with Crippen molar-refractivity contribution >= 4 is 23.5 Å². The molecule has 1 aliphatic heterocycles. The molecule has 1 aromatic rings. The molecule has 1 spiro atoms. The van der Waals surface area contributed by atoms with E-state index in [4.69, 9.17) is 0 Å². The number of hydrogen-bond acceptors (Lipinski definition) is 3. The first kappa shape index (κ1) is 15.5. The van der Waals surface area contributed by atoms with E-state index in [-0.39, 0.29) is 18.4 Å². The molecule has 0 aromatic heterocycles. The summed E-state index contributed by atoms with van der Waals surface area (Å²) in [7, 11) is 0. The molecular weight excluding hydrogens is 294 g/mol. The molecule has 6 heteroatoms. The standard InChI is InChI=1S/C17H21N3O3/c1-11-7-12(2)9-13(8-11)18-14(21)10-20-15(22)17(19-16(20)23)5-3-4-6-17/h7-9H,3-6,10H2,1-2H3,(H,18,21)(H,19,23). The molecule has 1 saturated carbocycles. The van der Waals surface area contributed by atoms with Gasteiger partial charge in [0.1, 0.15) is 12.1 Å². The molecule has 2 N–H and O–H groups in total. The average Bonchev–Trinajstić information content (AvgIpc) is 2.99. The number of carbonyl (C=O) groups is 3. The van der Waals surface area contributed by atoms with Crippen molar-refractivity contribution < 1.29 is 14.4 Å². The molecule has 0 atom stereocenters. The monoisotopic (exact) mass is 315 g/mol. The second-order valence-corrected chi connectivity index (χ2v) is 6.54. The number of anilines is 1. The highest BCUT2D eigenvalue weighted by Crippen LogP contribution is 2.34. The zero-order valence-corrected chi connectivity index (χ0v) is 13.4. The van der Waals surface area contributed by atoms with E-state index in [1.54, 1.807) is 0 Å². The fourth-order valence-electron chi connectivity index (χ4n) is 3.53. The SMILES string of the molecule is Cc1cc(C)cc(NC(=O)CN2C(=O)NC3(CCCC3)C2=O)c1. The predicted molar refractivity (Wildman–Crippen MR) is 86.0 cm³/mol. The Morgan fingerprint density at radius 3 is 2.39 bits per heavy atom. The van der Waals surface area contributed by atoms with Gasteiger partial charge in [0.25, 0.3) is 5.91 Å². The van der Waals surface area contributed by atoms with Crippen molar-refractivity contribution in [3.05, 3.63) is 29.3 Å². The van der Waals surface area contributed by atoms with Crippen LogP contribution in [0.2, 0.25) is 0 Å². The average molecular weight is 315 g/mol. The molecule has 2 fully saturated rings. The van der Waals surface area contributed by atoms with Crippen LogP contribution in [-0.4, -0.2) is 34.8 Å². The van der Waals surface area contributed by atoms with Crippen molar-refractivity contribution in [1.82, 2.24) is 10.2 Å². The number of urea groups is 1. The van der Waals surface area contributed by atoms with E-state index in [1.165, 1.54) is 0 Å². The third-order valence-electron chi connectivity index (χ3n) is 4.51. The van der Waals surface area contributed by atoms with Crippen LogP contribution in [0.1, 0.15) is 36.8 Å². The van der Waals surface area contributed by atoms with Crippen LogP contribution in [0.4, 0.5) is 10.5 Å². The second-order valence-electron chi connectivity index (χ2n) is 6.54. The Morgan fingerprint density at radius 1 is 1.17 bits per heavy atom. The van der Waals surface area contributed by atoms with E-state index < -0.39 is 11.6 Å². The molecule has 2 aliphatic rings. The highest BCUT2D eigenvalue weighted by molar-refractivity contribution is 6.10. The van der Waals surface area contributed by atoms with Crippen LogP contribution in [0, 0.1) is 13.8 Å². The van der Waals surface area contributed by atoms with E-state index in [9.17, 15) is 14.4 Å². The molecule has 0 unspecified atom stereocenters. The lowest BCUT2D eigenvalue weighted by molar-refractivity contribution is -0.133. The largest absolute Gasteiger partial charge is 0.325 e. The van der Waals surface area contributed by atoms with Gasteiger partial charge in [-0.1, -0.05) is 18.9 Å². The molecular formula is C17H21N3O3. The van der Waals surface area contributed by atoms with Gasteiger partial charge in [0.15, 0.2) is 0 Å². The third kappa shape index (κ3) is 2.93. The zero-order valence-electron chi connectivity index (χ0n) is 13.4. The van der Waals surface area contributed by atoms with Gasteiger partial charge < -0.3 is 10.6 Å². The van der Waals surface area contributed by atoms with Crippen molar-refractivity contribution in [2.75, 3.05) is 11.9 Å². The topological polar surface area (TPSA) is 78.5 Å². The molecule has 0 bridgehead atoms. The van der Waals surface area contributed by atoms with Crippen LogP contribution in [-0.2, 0) is 9.59 Å². The van der Waals surface area contributed by atoms with Gasteiger partial charge in [-0.3, -0.25) is 14.5 Å². The maximum absolute atomic E-state index is 12.5. The minimum Gasteiger partial charge on any atom is -0.325 e. The Hall–Kier alpha value is -2.37. The summed E-state index contributed by atoms with van der Waals surface area (Å²) in [5.74, 6) is -0.635. The van der Waals surface area contributed by atoms with E-state index in [2.05, 4.69) is 10.6 Å². The van der Waals surface area contributed by atoms with Gasteiger partial charge in [-0.15, -0.1) is 0 Å². The summed E-state index contributed by atoms with van der Waals surface area (Å²) in [6.45, 7) is 3.65. The van der Waals surface area contributed by atoms with E-state index in [1.807, 2.05) is 32.0 Å². The Kier molecular flexibility index (Phi) is 3.83. The van der Waals surface area contributed by atoms with Crippen LogP contribution in [0.3, 0.4) is 0 Å². The third-order valence-corrected chi connectivity index (χ3v) is 4.51. The molecule has 4 amide bonds. The lowest BCUT2D eigenvalue weighted by Crippen LogP contribution is -2.44. The van der Waals surface area contributed by atoms with E-state index in [0.717, 1.165) is 28.9 Å². The van der Waals surface area contributed by atoms with Gasteiger partial charge in [-0.2, -0.15) is 0 Å². The first-order valence-electron chi connectivity index (χ1n) is 7.92. The van der Waals surface area contributed by atoms with Gasteiger partial charge in [-0.25, -0.2) is 4.79 Å². The number of nitrogens with one attached hydrogen (secondary N) is 2. The molecule has 1 heterocycles. The van der Waals surface area contributed by atoms with Crippen LogP contribution in [0.5, 0.6) is 0 Å². The fraction of sp³-hybridized carbons (Fsp3) is 0.471. The van der Waals surface area contributed by atoms with Gasteiger partial charge >= 0.3 is 6.03 Å². The Balaban J connectivity index is 1.68. The normalized spacial score (nSPS) is 19.3. The minimum absolute atomic E-state index is 0.251. The molecule has 122 valence electrons. The van der Waals surface area contributed by atoms with Crippen molar-refractivity contribution in [2.24, 2.45) is 0 Å². The summed E-state index contributed by atoms with van der Waals surface area (Å²) >= 11 is 0. The van der Waals surface area contributed by atoms with Crippen molar-refractivity contribution in [2.45, 2.75) is 45.1 Å². The van der Waals surface area contributed by atoms with E-state index >= 15 is 0 Å². The van der Waals surface area contributed by atoms with Crippen molar-refractivity contribution in [1.29, 1.82) is 0 Å². The number of nitrogens with zero attached hydrogens (tertiary/aromatic N) is 1. The molecule has 1 saturated heterocycles. The molecule has 23 heavy (non-hydrogen) atoms. The molecule has 6 nitrogen and oxygen atoms in total. The van der Waals surface area contributed by atoms with E-state index in [0.29, 0.717) is 18.5 Å². The number of carbonyl (C=O) groups excluding carboxylic acids is 3. The van der Waals surface area contributed by atoms with Gasteiger partial charge in [-0.05, 0) is 49.9 Å². The summed E-state index contributed by atoms with van der Waals surface area (Å²) in [6.07, 6.45) is 3.17. The Labute approximate surface area is 135 Å². The lowest BCUT2D eigenvalue weighted by atomic mass is 9.98. The molecule has 3 rings (SSSR count). The lowest BCUT2D eigenvalue weighted by Gasteiger charge is -2.19. The maximum Gasteiger partial charge on any atom is 0.325 e. The van der Waals surface area contributed by atoms with Crippen LogP contribution in [0.15, 0.2) is 18.2 Å². The first-order chi connectivity index (χ1) is 10.9. The number of hydrogen-bond donors (Lipinski definition) is 2. The maximum atomic E-state index is 12.5. The number of amides is 4. The number of imide groups is 1. The summed E-state index contributed by atoms with van der Waals surface area (Å²) in [5, 5.41) is 5.53.